The van der Waals surface area contributed by atoms with Crippen LogP contribution in [-0.4, -0.2) is 21.1 Å². The molecule has 2 aromatic rings. The minimum absolute atomic E-state index is 1.33. The van der Waals surface area contributed by atoms with Crippen LogP contribution in [0.25, 0.3) is 0 Å². The van der Waals surface area contributed by atoms with Crippen molar-refractivity contribution in [3.8, 4) is 0 Å². The third-order valence-electron chi connectivity index (χ3n) is 2.44. The highest BCUT2D eigenvalue weighted by molar-refractivity contribution is 5.20. The molecule has 0 fully saturated rings. The minimum atomic E-state index is 1.33. The molecule has 2 rings (SSSR count). The normalized spacial score (nSPS) is 8.19. The lowest BCUT2D eigenvalue weighted by Crippen LogP contribution is -1.89. The number of hydrogen-bond donors (Lipinski definition) is 2. The van der Waals surface area contributed by atoms with E-state index >= 15 is 0 Å². The first-order valence-corrected chi connectivity index (χ1v) is 7.22. The van der Waals surface area contributed by atoms with Gasteiger partial charge in [0.1, 0.15) is 0 Å². The summed E-state index contributed by atoms with van der Waals surface area (Å²) < 4.78 is 0. The van der Waals surface area contributed by atoms with Crippen molar-refractivity contribution in [1.82, 2.24) is 5.32 Å². The van der Waals surface area contributed by atoms with Crippen molar-refractivity contribution < 1.29 is 0 Å². The van der Waals surface area contributed by atoms with Crippen LogP contribution in [0.5, 0.6) is 0 Å². The third-order valence-corrected chi connectivity index (χ3v) is 2.44. The van der Waals surface area contributed by atoms with Crippen LogP contribution in [0.4, 0.5) is 0 Å². The summed E-state index contributed by atoms with van der Waals surface area (Å²) >= 11 is 0. The monoisotopic (exact) mass is 288 g/mol. The van der Waals surface area contributed by atoms with Gasteiger partial charge in [-0.1, -0.05) is 70.8 Å². The first-order valence-electron chi connectivity index (χ1n) is 7.22. The largest absolute Gasteiger partial charge is 0.333 e. The highest BCUT2D eigenvalue weighted by Crippen LogP contribution is 2.00. The second-order valence-corrected chi connectivity index (χ2v) is 4.81. The van der Waals surface area contributed by atoms with E-state index in [0.717, 1.165) is 0 Å². The van der Waals surface area contributed by atoms with E-state index in [-0.39, 0.29) is 0 Å². The zero-order chi connectivity index (χ0) is 16.7. The highest BCUT2D eigenvalue weighted by Gasteiger charge is 1.80. The van der Waals surface area contributed by atoms with Gasteiger partial charge in [0, 0.05) is 0 Å². The summed E-state index contributed by atoms with van der Waals surface area (Å²) in [6.07, 6.45) is 0. The number of hydrogen-bond acceptors (Lipinski definition) is 2. The lowest BCUT2D eigenvalue weighted by atomic mass is 10.2. The first-order chi connectivity index (χ1) is 9.99. The van der Waals surface area contributed by atoms with Gasteiger partial charge in [-0.25, -0.2) is 0 Å². The lowest BCUT2D eigenvalue weighted by Gasteiger charge is -1.90. The van der Waals surface area contributed by atoms with Crippen LogP contribution in [0.3, 0.4) is 0 Å². The van der Waals surface area contributed by atoms with Crippen molar-refractivity contribution in [2.45, 2.75) is 27.7 Å². The molecule has 0 aliphatic carbocycles. The maximum atomic E-state index is 4.50. The molecule has 0 saturated heterocycles. The van der Waals surface area contributed by atoms with E-state index in [0.29, 0.717) is 0 Å². The van der Waals surface area contributed by atoms with Crippen LogP contribution < -0.4 is 11.1 Å². The van der Waals surface area contributed by atoms with E-state index in [1.165, 1.54) is 29.3 Å². The Labute approximate surface area is 131 Å². The number of nitrogens with one attached hydrogen (secondary N) is 1. The summed E-state index contributed by atoms with van der Waals surface area (Å²) in [4.78, 5) is 0. The van der Waals surface area contributed by atoms with E-state index in [1.54, 1.807) is 0 Å². The Morgan fingerprint density at radius 2 is 0.619 bits per heavy atom. The van der Waals surface area contributed by atoms with Crippen LogP contribution in [0.15, 0.2) is 48.5 Å². The SMILES string of the molecule is CN.CNC.Cc1ccc(C)cc1.Cc1ccc(C)cc1. The van der Waals surface area contributed by atoms with E-state index in [4.69, 9.17) is 0 Å². The van der Waals surface area contributed by atoms with Gasteiger partial charge >= 0.3 is 0 Å². The second kappa shape index (κ2) is 14.8. The van der Waals surface area contributed by atoms with Gasteiger partial charge in [-0.05, 0) is 48.8 Å². The molecule has 0 bridgehead atoms. The predicted octanol–water partition coefficient (Wildman–Crippen LogP) is 4.02. The summed E-state index contributed by atoms with van der Waals surface area (Å²) in [5.41, 5.74) is 9.82. The molecular weight excluding hydrogens is 256 g/mol. The molecule has 118 valence electrons. The van der Waals surface area contributed by atoms with Gasteiger partial charge in [0.2, 0.25) is 0 Å². The molecule has 21 heavy (non-hydrogen) atoms. The molecule has 3 N–H and O–H groups in total. The highest BCUT2D eigenvalue weighted by atomic mass is 14.7. The van der Waals surface area contributed by atoms with Gasteiger partial charge in [-0.15, -0.1) is 0 Å². The molecule has 2 nitrogen and oxygen atoms in total. The van der Waals surface area contributed by atoms with Gasteiger partial charge < -0.3 is 11.1 Å². The Kier molecular flexibility index (Phi) is 15.2. The van der Waals surface area contributed by atoms with Crippen LogP contribution in [0.1, 0.15) is 22.3 Å². The smallest absolute Gasteiger partial charge is 0.0167 e. The number of nitrogens with two attached hydrogens (primary N) is 1. The molecule has 0 heterocycles. The fourth-order valence-electron chi connectivity index (χ4n) is 1.27. The van der Waals surface area contributed by atoms with Crippen LogP contribution in [0, 0.1) is 27.7 Å². The summed E-state index contributed by atoms with van der Waals surface area (Å²) in [6.45, 7) is 8.39. The van der Waals surface area contributed by atoms with Crippen molar-refractivity contribution in [3.63, 3.8) is 0 Å². The summed E-state index contributed by atoms with van der Waals surface area (Å²) in [7, 11) is 5.25. The second-order valence-electron chi connectivity index (χ2n) is 4.81. The molecule has 0 unspecified atom stereocenters. The predicted molar refractivity (Wildman–Crippen MR) is 96.9 cm³/mol. The minimum Gasteiger partial charge on any atom is -0.333 e. The maximum Gasteiger partial charge on any atom is -0.0167 e. The lowest BCUT2D eigenvalue weighted by molar-refractivity contribution is 1.02. The third kappa shape index (κ3) is 14.6. The van der Waals surface area contributed by atoms with Gasteiger partial charge in [-0.2, -0.15) is 0 Å². The van der Waals surface area contributed by atoms with Gasteiger partial charge in [-0.3, -0.25) is 0 Å². The zero-order valence-electron chi connectivity index (χ0n) is 14.7. The van der Waals surface area contributed by atoms with Crippen molar-refractivity contribution in [2.24, 2.45) is 5.73 Å². The molecule has 2 heteroatoms. The fraction of sp³-hybridized carbons (Fsp3) is 0.368. The van der Waals surface area contributed by atoms with Crippen LogP contribution >= 0.6 is 0 Å². The van der Waals surface area contributed by atoms with E-state index < -0.39 is 0 Å². The zero-order valence-corrected chi connectivity index (χ0v) is 14.7. The number of benzene rings is 2. The average molecular weight is 288 g/mol. The molecule has 0 aromatic heterocycles. The van der Waals surface area contributed by atoms with E-state index in [2.05, 4.69) is 87.3 Å². The molecular formula is C19H32N2. The van der Waals surface area contributed by atoms with Crippen LogP contribution in [-0.2, 0) is 0 Å². The Morgan fingerprint density at radius 3 is 0.714 bits per heavy atom. The molecule has 2 aromatic carbocycles. The molecule has 0 spiro atoms. The maximum absolute atomic E-state index is 4.50. The molecule has 0 aliphatic heterocycles. The average Bonchev–Trinajstić information content (AvgIpc) is 2.49. The first kappa shape index (κ1) is 21.7. The Morgan fingerprint density at radius 1 is 0.524 bits per heavy atom. The van der Waals surface area contributed by atoms with Gasteiger partial charge in [0.15, 0.2) is 0 Å². The fourth-order valence-corrected chi connectivity index (χ4v) is 1.27. The number of aryl methyl sites for hydroxylation is 4. The van der Waals surface area contributed by atoms with Crippen molar-refractivity contribution in [3.05, 3.63) is 70.8 Å². The van der Waals surface area contributed by atoms with Crippen molar-refractivity contribution in [1.29, 1.82) is 0 Å². The molecule has 0 atom stereocenters. The molecule has 0 aliphatic rings. The molecule has 0 amide bonds. The van der Waals surface area contributed by atoms with Gasteiger partial charge in [0.25, 0.3) is 0 Å². The molecule has 0 saturated carbocycles. The Hall–Kier alpha value is -1.64. The summed E-state index contributed by atoms with van der Waals surface area (Å²) in [5, 5.41) is 2.75. The molecule has 0 radical (unpaired) electrons. The summed E-state index contributed by atoms with van der Waals surface area (Å²) in [6, 6.07) is 17.0. The summed E-state index contributed by atoms with van der Waals surface area (Å²) in [5.74, 6) is 0. The van der Waals surface area contributed by atoms with Crippen molar-refractivity contribution in [2.75, 3.05) is 21.1 Å². The van der Waals surface area contributed by atoms with Crippen molar-refractivity contribution >= 4 is 0 Å². The topological polar surface area (TPSA) is 38.0 Å². The van der Waals surface area contributed by atoms with Crippen LogP contribution in [0.2, 0.25) is 0 Å². The van der Waals surface area contributed by atoms with E-state index in [1.807, 2.05) is 14.1 Å². The Balaban J connectivity index is 0. The van der Waals surface area contributed by atoms with E-state index in [9.17, 15) is 0 Å². The number of rotatable bonds is 0. The standard InChI is InChI=1S/2C8H10.C2H7N.CH5N/c2*1-7-3-5-8(2)6-4-7;1-3-2;1-2/h2*3-6H,1-2H3;3H,1-2H3;2H2,1H3. The Bertz CT molecular complexity index is 345. The quantitative estimate of drug-likeness (QED) is 0.768. The van der Waals surface area contributed by atoms with Gasteiger partial charge in [0.05, 0.1) is 0 Å².